The van der Waals surface area contributed by atoms with Gasteiger partial charge >= 0.3 is 0 Å². The van der Waals surface area contributed by atoms with Crippen molar-refractivity contribution in [3.63, 3.8) is 0 Å². The number of carbonyl (C=O) groups excluding carboxylic acids is 1. The average Bonchev–Trinajstić information content (AvgIpc) is 2.52. The Bertz CT molecular complexity index is 579. The number of hydrogen-bond donors (Lipinski definition) is 1. The molecule has 0 fully saturated rings. The topological polar surface area (TPSA) is 54.4 Å². The predicted molar refractivity (Wildman–Crippen MR) is 79.4 cm³/mol. The molecule has 0 aliphatic rings. The zero-order valence-corrected chi connectivity index (χ0v) is 11.4. The molecule has 0 aliphatic carbocycles. The van der Waals surface area contributed by atoms with E-state index in [4.69, 9.17) is 0 Å². The molecular weight excluding hydrogens is 250 g/mol. The maximum absolute atomic E-state index is 11.7. The van der Waals surface area contributed by atoms with Gasteiger partial charge in [0.05, 0.1) is 5.71 Å². The lowest BCUT2D eigenvalue weighted by Gasteiger charge is -2.03. The summed E-state index contributed by atoms with van der Waals surface area (Å²) < 4.78 is 0. The van der Waals surface area contributed by atoms with Crippen molar-refractivity contribution in [2.24, 2.45) is 5.10 Å². The van der Waals surface area contributed by atoms with Gasteiger partial charge in [0.2, 0.25) is 5.91 Å². The normalized spacial score (nSPS) is 11.2. The summed E-state index contributed by atoms with van der Waals surface area (Å²) in [6, 6.07) is 13.6. The first-order valence-corrected chi connectivity index (χ1v) is 6.53. The van der Waals surface area contributed by atoms with Crippen LogP contribution in [0.5, 0.6) is 0 Å². The van der Waals surface area contributed by atoms with E-state index in [2.05, 4.69) is 15.5 Å². The Balaban J connectivity index is 1.83. The van der Waals surface area contributed by atoms with Crippen molar-refractivity contribution in [3.8, 4) is 0 Å². The van der Waals surface area contributed by atoms with Gasteiger partial charge in [-0.05, 0) is 31.0 Å². The quantitative estimate of drug-likeness (QED) is 0.668. The van der Waals surface area contributed by atoms with Crippen molar-refractivity contribution in [1.29, 1.82) is 0 Å². The summed E-state index contributed by atoms with van der Waals surface area (Å²) in [4.78, 5) is 15.7. The van der Waals surface area contributed by atoms with E-state index in [0.29, 0.717) is 6.42 Å². The van der Waals surface area contributed by atoms with E-state index in [1.54, 1.807) is 12.4 Å². The molecule has 0 radical (unpaired) electrons. The van der Waals surface area contributed by atoms with E-state index < -0.39 is 0 Å². The van der Waals surface area contributed by atoms with Crippen LogP contribution in [0.2, 0.25) is 0 Å². The van der Waals surface area contributed by atoms with Crippen molar-refractivity contribution in [1.82, 2.24) is 10.4 Å². The van der Waals surface area contributed by atoms with Gasteiger partial charge in [0.1, 0.15) is 0 Å². The summed E-state index contributed by atoms with van der Waals surface area (Å²) in [6.07, 6.45) is 4.55. The number of pyridine rings is 1. The van der Waals surface area contributed by atoms with Crippen molar-refractivity contribution in [3.05, 3.63) is 66.0 Å². The summed E-state index contributed by atoms with van der Waals surface area (Å²) in [5.41, 5.74) is 5.44. The largest absolute Gasteiger partial charge is 0.273 e. The fourth-order valence-electron chi connectivity index (χ4n) is 1.76. The minimum atomic E-state index is -0.0812. The second kappa shape index (κ2) is 7.19. The molecular formula is C16H17N3O. The molecule has 1 N–H and O–H groups in total. The van der Waals surface area contributed by atoms with Crippen LogP contribution in [0, 0.1) is 0 Å². The first-order chi connectivity index (χ1) is 9.75. The minimum absolute atomic E-state index is 0.0812. The highest BCUT2D eigenvalue weighted by Crippen LogP contribution is 2.02. The van der Waals surface area contributed by atoms with E-state index in [9.17, 15) is 4.79 Å². The Morgan fingerprint density at radius 3 is 2.55 bits per heavy atom. The van der Waals surface area contributed by atoms with Gasteiger partial charge in [-0.3, -0.25) is 9.78 Å². The van der Waals surface area contributed by atoms with E-state index in [0.717, 1.165) is 23.3 Å². The van der Waals surface area contributed by atoms with Crippen LogP contribution in [-0.2, 0) is 11.2 Å². The number of aryl methyl sites for hydroxylation is 1. The molecule has 4 heteroatoms. The van der Waals surface area contributed by atoms with Crippen LogP contribution >= 0.6 is 0 Å². The number of rotatable bonds is 5. The third kappa shape index (κ3) is 4.31. The molecule has 0 saturated heterocycles. The van der Waals surface area contributed by atoms with Crippen LogP contribution in [-0.4, -0.2) is 16.6 Å². The Morgan fingerprint density at radius 2 is 1.85 bits per heavy atom. The number of aromatic nitrogens is 1. The van der Waals surface area contributed by atoms with Gasteiger partial charge in [-0.2, -0.15) is 5.10 Å². The zero-order chi connectivity index (χ0) is 14.2. The minimum Gasteiger partial charge on any atom is -0.273 e. The van der Waals surface area contributed by atoms with Gasteiger partial charge in [-0.15, -0.1) is 0 Å². The van der Waals surface area contributed by atoms with E-state index in [1.807, 2.05) is 49.4 Å². The second-order valence-electron chi connectivity index (χ2n) is 4.45. The fraction of sp³-hybridized carbons (Fsp3) is 0.188. The van der Waals surface area contributed by atoms with Gasteiger partial charge < -0.3 is 0 Å². The SMILES string of the molecule is C/C(=N/NC(=O)CCc1ccccc1)c1ccncc1. The van der Waals surface area contributed by atoms with Crippen LogP contribution in [0.1, 0.15) is 24.5 Å². The molecule has 1 aromatic heterocycles. The Kier molecular flexibility index (Phi) is 5.00. The number of benzene rings is 1. The van der Waals surface area contributed by atoms with Crippen molar-refractivity contribution < 1.29 is 4.79 Å². The molecule has 1 heterocycles. The van der Waals surface area contributed by atoms with E-state index >= 15 is 0 Å². The zero-order valence-electron chi connectivity index (χ0n) is 11.4. The van der Waals surface area contributed by atoms with Crippen LogP contribution in [0.15, 0.2) is 60.0 Å². The van der Waals surface area contributed by atoms with Crippen LogP contribution < -0.4 is 5.43 Å². The molecule has 2 aromatic rings. The average molecular weight is 267 g/mol. The number of amides is 1. The molecule has 0 bridgehead atoms. The summed E-state index contributed by atoms with van der Waals surface area (Å²) >= 11 is 0. The molecule has 1 aromatic carbocycles. The molecule has 0 aliphatic heterocycles. The van der Waals surface area contributed by atoms with E-state index in [1.165, 1.54) is 0 Å². The lowest BCUT2D eigenvalue weighted by Crippen LogP contribution is -2.19. The maximum Gasteiger partial charge on any atom is 0.240 e. The number of hydrazone groups is 1. The van der Waals surface area contributed by atoms with Crippen molar-refractivity contribution >= 4 is 11.6 Å². The second-order valence-corrected chi connectivity index (χ2v) is 4.45. The van der Waals surface area contributed by atoms with Crippen molar-refractivity contribution in [2.75, 3.05) is 0 Å². The third-order valence-electron chi connectivity index (χ3n) is 2.93. The Hall–Kier alpha value is -2.49. The molecule has 0 saturated carbocycles. The molecule has 1 amide bonds. The van der Waals surface area contributed by atoms with Crippen molar-refractivity contribution in [2.45, 2.75) is 19.8 Å². The van der Waals surface area contributed by atoms with Gasteiger partial charge in [-0.1, -0.05) is 30.3 Å². The molecule has 2 rings (SSSR count). The first-order valence-electron chi connectivity index (χ1n) is 6.53. The molecule has 20 heavy (non-hydrogen) atoms. The molecule has 0 unspecified atom stereocenters. The van der Waals surface area contributed by atoms with Gasteiger partial charge in [0, 0.05) is 24.4 Å². The summed E-state index contributed by atoms with van der Waals surface area (Å²) in [6.45, 7) is 1.85. The lowest BCUT2D eigenvalue weighted by molar-refractivity contribution is -0.121. The summed E-state index contributed by atoms with van der Waals surface area (Å²) in [5.74, 6) is -0.0812. The summed E-state index contributed by atoms with van der Waals surface area (Å²) in [7, 11) is 0. The van der Waals surface area contributed by atoms with Crippen LogP contribution in [0.3, 0.4) is 0 Å². The Labute approximate surface area is 118 Å². The molecule has 0 atom stereocenters. The highest BCUT2D eigenvalue weighted by atomic mass is 16.2. The fourth-order valence-corrected chi connectivity index (χ4v) is 1.76. The van der Waals surface area contributed by atoms with Crippen LogP contribution in [0.25, 0.3) is 0 Å². The number of nitrogens with one attached hydrogen (secondary N) is 1. The first kappa shape index (κ1) is 13.9. The maximum atomic E-state index is 11.7. The highest BCUT2D eigenvalue weighted by Gasteiger charge is 2.02. The molecule has 102 valence electrons. The summed E-state index contributed by atoms with van der Waals surface area (Å²) in [5, 5.41) is 4.10. The third-order valence-corrected chi connectivity index (χ3v) is 2.93. The highest BCUT2D eigenvalue weighted by molar-refractivity contribution is 5.99. The molecule has 4 nitrogen and oxygen atoms in total. The number of hydrogen-bond acceptors (Lipinski definition) is 3. The van der Waals surface area contributed by atoms with Gasteiger partial charge in [-0.25, -0.2) is 5.43 Å². The number of carbonyl (C=O) groups is 1. The Morgan fingerprint density at radius 1 is 1.15 bits per heavy atom. The van der Waals surface area contributed by atoms with E-state index in [-0.39, 0.29) is 5.91 Å². The predicted octanol–water partition coefficient (Wildman–Crippen LogP) is 2.55. The molecule has 0 spiro atoms. The number of nitrogens with zero attached hydrogens (tertiary/aromatic N) is 2. The monoisotopic (exact) mass is 267 g/mol. The standard InChI is InChI=1S/C16H17N3O/c1-13(15-9-11-17-12-10-15)18-19-16(20)8-7-14-5-3-2-4-6-14/h2-6,9-12H,7-8H2,1H3,(H,19,20)/b18-13-. The van der Waals surface area contributed by atoms with Crippen LogP contribution in [0.4, 0.5) is 0 Å². The lowest BCUT2D eigenvalue weighted by atomic mass is 10.1. The smallest absolute Gasteiger partial charge is 0.240 e. The van der Waals surface area contributed by atoms with Gasteiger partial charge in [0.15, 0.2) is 0 Å². The van der Waals surface area contributed by atoms with Gasteiger partial charge in [0.25, 0.3) is 0 Å².